The average Bonchev–Trinajstić information content (AvgIpc) is 2.98. The van der Waals surface area contributed by atoms with E-state index < -0.39 is 11.6 Å². The number of carbonyl (C=O) groups is 1. The first-order valence-electron chi connectivity index (χ1n) is 7.49. The Morgan fingerprint density at radius 1 is 1.29 bits per heavy atom. The van der Waals surface area contributed by atoms with Gasteiger partial charge in [0.1, 0.15) is 17.0 Å². The summed E-state index contributed by atoms with van der Waals surface area (Å²) in [7, 11) is 0. The van der Waals surface area contributed by atoms with Crippen LogP contribution in [-0.4, -0.2) is 16.7 Å². The van der Waals surface area contributed by atoms with Crippen molar-refractivity contribution >= 4 is 28.5 Å². The van der Waals surface area contributed by atoms with Crippen LogP contribution in [0.4, 0.5) is 0 Å². The predicted molar refractivity (Wildman–Crippen MR) is 88.8 cm³/mol. The van der Waals surface area contributed by atoms with Gasteiger partial charge in [0.2, 0.25) is 0 Å². The molecule has 5 nitrogen and oxygen atoms in total. The molecule has 0 aliphatic heterocycles. The lowest BCUT2D eigenvalue weighted by molar-refractivity contribution is -0.321. The molecule has 0 amide bonds. The van der Waals surface area contributed by atoms with Crippen LogP contribution in [0.15, 0.2) is 47.0 Å². The summed E-state index contributed by atoms with van der Waals surface area (Å²) in [6.07, 6.45) is 0.278. The lowest BCUT2D eigenvalue weighted by Crippen LogP contribution is -2.49. The third kappa shape index (κ3) is 2.95. The Kier molecular flexibility index (Phi) is 4.20. The molecule has 2 aromatic carbocycles. The van der Waals surface area contributed by atoms with Gasteiger partial charge in [-0.15, -0.1) is 0 Å². The van der Waals surface area contributed by atoms with Crippen molar-refractivity contribution < 1.29 is 19.2 Å². The van der Waals surface area contributed by atoms with Crippen LogP contribution in [0, 0.1) is 0 Å². The van der Waals surface area contributed by atoms with Gasteiger partial charge < -0.3 is 19.2 Å². The molecule has 0 saturated carbocycles. The van der Waals surface area contributed by atoms with Crippen molar-refractivity contribution in [3.8, 4) is 17.0 Å². The highest BCUT2D eigenvalue weighted by atomic mass is 35.5. The number of carboxylic acid groups (broad SMARTS) is 1. The quantitative estimate of drug-likeness (QED) is 0.708. The fourth-order valence-corrected chi connectivity index (χ4v) is 2.44. The zero-order chi connectivity index (χ0) is 17.3. The van der Waals surface area contributed by atoms with Gasteiger partial charge in [0.05, 0.1) is 5.97 Å². The number of benzene rings is 2. The van der Waals surface area contributed by atoms with Crippen LogP contribution in [0.1, 0.15) is 20.3 Å². The number of halogens is 1. The molecule has 124 valence electrons. The molecule has 6 heteroatoms. The number of aromatic nitrogens is 1. The van der Waals surface area contributed by atoms with Gasteiger partial charge in [0.15, 0.2) is 5.58 Å². The van der Waals surface area contributed by atoms with E-state index >= 15 is 0 Å². The summed E-state index contributed by atoms with van der Waals surface area (Å²) < 4.78 is 10.9. The number of fused-ring (bicyclic) bond motifs is 1. The van der Waals surface area contributed by atoms with Crippen molar-refractivity contribution in [2.45, 2.75) is 25.9 Å². The predicted octanol–water partition coefficient (Wildman–Crippen LogP) is 3.45. The summed E-state index contributed by atoms with van der Waals surface area (Å²) in [5, 5.41) is 16.8. The number of rotatable bonds is 5. The number of nitrogens with zero attached hydrogens (tertiary/aromatic N) is 1. The molecule has 0 radical (unpaired) electrons. The number of carbonyl (C=O) groups excluding carboxylic acids is 1. The van der Waals surface area contributed by atoms with E-state index in [0.29, 0.717) is 22.0 Å². The summed E-state index contributed by atoms with van der Waals surface area (Å²) in [5.41, 5.74) is 0.674. The molecule has 1 aromatic heterocycles. The summed E-state index contributed by atoms with van der Waals surface area (Å²) >= 11 is 5.90. The van der Waals surface area contributed by atoms with Crippen molar-refractivity contribution in [2.75, 3.05) is 0 Å². The molecule has 1 heterocycles. The van der Waals surface area contributed by atoms with Crippen molar-refractivity contribution in [1.82, 2.24) is 5.16 Å². The zero-order valence-electron chi connectivity index (χ0n) is 13.2. The second-order valence-electron chi connectivity index (χ2n) is 5.67. The van der Waals surface area contributed by atoms with Crippen molar-refractivity contribution in [2.24, 2.45) is 0 Å². The van der Waals surface area contributed by atoms with Crippen molar-refractivity contribution in [1.29, 1.82) is 0 Å². The number of hydrogen-bond donors (Lipinski definition) is 0. The molecule has 1 unspecified atom stereocenters. The minimum absolute atomic E-state index is 0.278. The van der Waals surface area contributed by atoms with Gasteiger partial charge in [0.25, 0.3) is 0 Å². The summed E-state index contributed by atoms with van der Waals surface area (Å²) in [6.45, 7) is 3.20. The molecule has 0 N–H and O–H groups in total. The van der Waals surface area contributed by atoms with Gasteiger partial charge in [-0.2, -0.15) is 0 Å². The summed E-state index contributed by atoms with van der Waals surface area (Å²) in [5.74, 6) is -0.876. The van der Waals surface area contributed by atoms with Crippen LogP contribution in [-0.2, 0) is 4.79 Å². The minimum Gasteiger partial charge on any atom is -0.546 e. The van der Waals surface area contributed by atoms with Crippen molar-refractivity contribution in [3.05, 3.63) is 47.5 Å². The highest BCUT2D eigenvalue weighted by Gasteiger charge is 2.26. The Morgan fingerprint density at radius 3 is 2.62 bits per heavy atom. The van der Waals surface area contributed by atoms with Gasteiger partial charge in [-0.1, -0.05) is 35.8 Å². The van der Waals surface area contributed by atoms with Crippen LogP contribution in [0.25, 0.3) is 22.2 Å². The Labute approximate surface area is 143 Å². The second-order valence-corrected chi connectivity index (χ2v) is 6.11. The lowest BCUT2D eigenvalue weighted by atomic mass is 10.0. The number of aliphatic carboxylic acids is 1. The summed E-state index contributed by atoms with van der Waals surface area (Å²) in [4.78, 5) is 11.3. The van der Waals surface area contributed by atoms with Crippen LogP contribution in [0.2, 0.25) is 5.02 Å². The molecule has 24 heavy (non-hydrogen) atoms. The first-order valence-corrected chi connectivity index (χ1v) is 7.86. The molecule has 0 spiro atoms. The third-order valence-corrected chi connectivity index (χ3v) is 4.26. The number of hydrogen-bond acceptors (Lipinski definition) is 5. The van der Waals surface area contributed by atoms with E-state index in [1.807, 2.05) is 12.1 Å². The maximum atomic E-state index is 11.3. The second kappa shape index (κ2) is 6.17. The molecule has 0 aliphatic rings. The standard InChI is InChI=1S/C18H16ClNO4/c1-3-18(2,17(21)22)23-13-8-9-14-15(10-13)24-20-16(14)11-4-6-12(19)7-5-11/h4-10H,3H2,1-2H3,(H,21,22)/p-1. The fourth-order valence-electron chi connectivity index (χ4n) is 2.32. The average molecular weight is 345 g/mol. The Morgan fingerprint density at radius 2 is 2.00 bits per heavy atom. The molecule has 0 saturated heterocycles. The van der Waals surface area contributed by atoms with Gasteiger partial charge in [0, 0.05) is 22.0 Å². The maximum Gasteiger partial charge on any atom is 0.171 e. The lowest BCUT2D eigenvalue weighted by Gasteiger charge is -2.30. The highest BCUT2D eigenvalue weighted by molar-refractivity contribution is 6.30. The van der Waals surface area contributed by atoms with E-state index in [1.165, 1.54) is 6.92 Å². The van der Waals surface area contributed by atoms with Crippen molar-refractivity contribution in [3.63, 3.8) is 0 Å². The Balaban J connectivity index is 1.96. The molecule has 1 atom stereocenters. The van der Waals surface area contributed by atoms with E-state index in [2.05, 4.69) is 5.16 Å². The van der Waals surface area contributed by atoms with Gasteiger partial charge in [-0.3, -0.25) is 0 Å². The van der Waals surface area contributed by atoms with Crippen LogP contribution in [0.5, 0.6) is 5.75 Å². The van der Waals surface area contributed by atoms with Crippen LogP contribution in [0.3, 0.4) is 0 Å². The smallest absolute Gasteiger partial charge is 0.171 e. The first kappa shape index (κ1) is 16.3. The summed E-state index contributed by atoms with van der Waals surface area (Å²) in [6, 6.07) is 12.4. The fraction of sp³-hybridized carbons (Fsp3) is 0.222. The highest BCUT2D eigenvalue weighted by Crippen LogP contribution is 2.32. The van der Waals surface area contributed by atoms with E-state index in [4.69, 9.17) is 20.9 Å². The molecule has 3 aromatic rings. The Bertz CT molecular complexity index is 888. The minimum atomic E-state index is -1.40. The molecule has 3 rings (SSSR count). The molecule has 0 fully saturated rings. The Hall–Kier alpha value is -2.53. The number of ether oxygens (including phenoxy) is 1. The third-order valence-electron chi connectivity index (χ3n) is 4.01. The van der Waals surface area contributed by atoms with E-state index in [-0.39, 0.29) is 6.42 Å². The SMILES string of the molecule is CCC(C)(Oc1ccc2c(-c3ccc(Cl)cc3)noc2c1)C(=O)[O-]. The monoisotopic (exact) mass is 344 g/mol. The largest absolute Gasteiger partial charge is 0.546 e. The first-order chi connectivity index (χ1) is 11.4. The van der Waals surface area contributed by atoms with Gasteiger partial charge in [-0.25, -0.2) is 0 Å². The van der Waals surface area contributed by atoms with E-state index in [0.717, 1.165) is 10.9 Å². The van der Waals surface area contributed by atoms with E-state index in [1.54, 1.807) is 37.3 Å². The van der Waals surface area contributed by atoms with Gasteiger partial charge >= 0.3 is 0 Å². The molecule has 0 aliphatic carbocycles. The van der Waals surface area contributed by atoms with Gasteiger partial charge in [-0.05, 0) is 37.6 Å². The molecule has 0 bridgehead atoms. The molecular weight excluding hydrogens is 330 g/mol. The normalized spacial score (nSPS) is 13.6. The molecular formula is C18H15ClNO4-. The topological polar surface area (TPSA) is 75.4 Å². The van der Waals surface area contributed by atoms with E-state index in [9.17, 15) is 9.90 Å². The van der Waals surface area contributed by atoms with Crippen LogP contribution >= 0.6 is 11.6 Å². The zero-order valence-corrected chi connectivity index (χ0v) is 14.0. The maximum absolute atomic E-state index is 11.3. The number of carboxylic acids is 1. The van der Waals surface area contributed by atoms with Crippen LogP contribution < -0.4 is 9.84 Å².